The van der Waals surface area contributed by atoms with Crippen molar-refractivity contribution in [2.45, 2.75) is 24.8 Å². The molecule has 0 atom stereocenters. The van der Waals surface area contributed by atoms with Gasteiger partial charge in [0, 0.05) is 23.5 Å². The standard InChI is InChI=1S/C14H15N3/c15-14(6-1-7-14)13-4-2-11(3-5-13)12-8-16-10-17-9-12/h2-5,8-10H,1,6-7,15H2. The molecule has 0 radical (unpaired) electrons. The Kier molecular flexibility index (Phi) is 2.41. The van der Waals surface area contributed by atoms with Gasteiger partial charge >= 0.3 is 0 Å². The Hall–Kier alpha value is -1.74. The Morgan fingerprint density at radius 2 is 1.59 bits per heavy atom. The summed E-state index contributed by atoms with van der Waals surface area (Å²) in [6.07, 6.45) is 8.63. The van der Waals surface area contributed by atoms with E-state index in [1.54, 1.807) is 6.33 Å². The van der Waals surface area contributed by atoms with Crippen LogP contribution in [0.1, 0.15) is 24.8 Å². The minimum Gasteiger partial charge on any atom is -0.321 e. The Morgan fingerprint density at radius 1 is 0.941 bits per heavy atom. The van der Waals surface area contributed by atoms with Gasteiger partial charge < -0.3 is 5.73 Å². The van der Waals surface area contributed by atoms with Crippen molar-refractivity contribution in [2.75, 3.05) is 0 Å². The second-order valence-electron chi connectivity index (χ2n) is 4.71. The molecule has 1 heterocycles. The van der Waals surface area contributed by atoms with Crippen LogP contribution in [0.5, 0.6) is 0 Å². The van der Waals surface area contributed by atoms with Gasteiger partial charge in [0.15, 0.2) is 0 Å². The lowest BCUT2D eigenvalue weighted by Gasteiger charge is -2.38. The maximum atomic E-state index is 6.29. The van der Waals surface area contributed by atoms with Crippen molar-refractivity contribution >= 4 is 0 Å². The van der Waals surface area contributed by atoms with Crippen LogP contribution < -0.4 is 5.73 Å². The minimum atomic E-state index is -0.0777. The number of benzene rings is 1. The monoisotopic (exact) mass is 225 g/mol. The van der Waals surface area contributed by atoms with E-state index in [1.165, 1.54) is 12.0 Å². The molecule has 1 aliphatic carbocycles. The number of nitrogens with two attached hydrogens (primary N) is 1. The highest BCUT2D eigenvalue weighted by Crippen LogP contribution is 2.38. The summed E-state index contributed by atoms with van der Waals surface area (Å²) in [5, 5.41) is 0. The Bertz CT molecular complexity index is 501. The van der Waals surface area contributed by atoms with Crippen LogP contribution >= 0.6 is 0 Å². The lowest BCUT2D eigenvalue weighted by molar-refractivity contribution is 0.253. The molecule has 0 amide bonds. The summed E-state index contributed by atoms with van der Waals surface area (Å²) in [7, 11) is 0. The molecule has 3 heteroatoms. The number of rotatable bonds is 2. The zero-order valence-electron chi connectivity index (χ0n) is 9.63. The molecule has 3 nitrogen and oxygen atoms in total. The summed E-state index contributed by atoms with van der Waals surface area (Å²) in [4.78, 5) is 8.05. The van der Waals surface area contributed by atoms with Crippen LogP contribution in [0.3, 0.4) is 0 Å². The van der Waals surface area contributed by atoms with Crippen LogP contribution in [-0.2, 0) is 5.54 Å². The quantitative estimate of drug-likeness (QED) is 0.854. The Morgan fingerprint density at radius 3 is 2.12 bits per heavy atom. The first-order chi connectivity index (χ1) is 8.28. The summed E-state index contributed by atoms with van der Waals surface area (Å²) in [6, 6.07) is 8.45. The molecule has 0 aliphatic heterocycles. The van der Waals surface area contributed by atoms with Crippen LogP contribution in [0.2, 0.25) is 0 Å². The predicted octanol–water partition coefficient (Wildman–Crippen LogP) is 2.48. The summed E-state index contributed by atoms with van der Waals surface area (Å²) in [5.41, 5.74) is 9.63. The third-order valence-corrected chi connectivity index (χ3v) is 3.60. The molecule has 86 valence electrons. The molecule has 0 spiro atoms. The molecule has 0 unspecified atom stereocenters. The van der Waals surface area contributed by atoms with E-state index < -0.39 is 0 Å². The van der Waals surface area contributed by atoms with Crippen molar-refractivity contribution in [3.8, 4) is 11.1 Å². The van der Waals surface area contributed by atoms with Gasteiger partial charge in [0.05, 0.1) is 0 Å². The normalized spacial score (nSPS) is 17.5. The Balaban J connectivity index is 1.90. The first kappa shape index (κ1) is 10.4. The third kappa shape index (κ3) is 1.83. The maximum absolute atomic E-state index is 6.29. The smallest absolute Gasteiger partial charge is 0.115 e. The van der Waals surface area contributed by atoms with Crippen molar-refractivity contribution in [1.82, 2.24) is 9.97 Å². The number of hydrogen-bond donors (Lipinski definition) is 1. The van der Waals surface area contributed by atoms with Gasteiger partial charge in [0.25, 0.3) is 0 Å². The fourth-order valence-corrected chi connectivity index (χ4v) is 2.29. The van der Waals surface area contributed by atoms with Crippen LogP contribution in [0.25, 0.3) is 11.1 Å². The highest BCUT2D eigenvalue weighted by atomic mass is 14.8. The van der Waals surface area contributed by atoms with E-state index >= 15 is 0 Å². The fourth-order valence-electron chi connectivity index (χ4n) is 2.29. The number of nitrogens with zero attached hydrogens (tertiary/aromatic N) is 2. The first-order valence-corrected chi connectivity index (χ1v) is 5.93. The molecule has 1 aromatic carbocycles. The van der Waals surface area contributed by atoms with Crippen molar-refractivity contribution in [2.24, 2.45) is 5.73 Å². The van der Waals surface area contributed by atoms with E-state index in [9.17, 15) is 0 Å². The van der Waals surface area contributed by atoms with Gasteiger partial charge in [-0.2, -0.15) is 0 Å². The first-order valence-electron chi connectivity index (χ1n) is 5.93. The zero-order chi connectivity index (χ0) is 11.7. The maximum Gasteiger partial charge on any atom is 0.115 e. The molecule has 17 heavy (non-hydrogen) atoms. The molecule has 1 aromatic heterocycles. The van der Waals surface area contributed by atoms with E-state index in [2.05, 4.69) is 34.2 Å². The van der Waals surface area contributed by atoms with Crippen molar-refractivity contribution in [3.05, 3.63) is 48.5 Å². The average molecular weight is 225 g/mol. The van der Waals surface area contributed by atoms with Gasteiger partial charge in [-0.25, -0.2) is 9.97 Å². The van der Waals surface area contributed by atoms with Crippen molar-refractivity contribution in [3.63, 3.8) is 0 Å². The topological polar surface area (TPSA) is 51.8 Å². The van der Waals surface area contributed by atoms with Gasteiger partial charge in [-0.3, -0.25) is 0 Å². The molecule has 2 aromatic rings. The van der Waals surface area contributed by atoms with E-state index in [0.717, 1.165) is 24.0 Å². The largest absolute Gasteiger partial charge is 0.321 e. The molecular formula is C14H15N3. The van der Waals surface area contributed by atoms with Crippen LogP contribution in [0.15, 0.2) is 43.0 Å². The van der Waals surface area contributed by atoms with Gasteiger partial charge in [0.2, 0.25) is 0 Å². The lowest BCUT2D eigenvalue weighted by atomic mass is 9.72. The van der Waals surface area contributed by atoms with Crippen LogP contribution in [0, 0.1) is 0 Å². The van der Waals surface area contributed by atoms with Gasteiger partial charge in [0.1, 0.15) is 6.33 Å². The second-order valence-corrected chi connectivity index (χ2v) is 4.71. The molecule has 2 N–H and O–H groups in total. The van der Waals surface area contributed by atoms with Gasteiger partial charge in [-0.15, -0.1) is 0 Å². The summed E-state index contributed by atoms with van der Waals surface area (Å²) < 4.78 is 0. The summed E-state index contributed by atoms with van der Waals surface area (Å²) in [6.45, 7) is 0. The van der Waals surface area contributed by atoms with Crippen LogP contribution in [0.4, 0.5) is 0 Å². The highest BCUT2D eigenvalue weighted by Gasteiger charge is 2.33. The molecule has 0 saturated heterocycles. The van der Waals surface area contributed by atoms with E-state index in [0.29, 0.717) is 0 Å². The van der Waals surface area contributed by atoms with Gasteiger partial charge in [-0.05, 0) is 30.4 Å². The molecule has 1 aliphatic rings. The summed E-state index contributed by atoms with van der Waals surface area (Å²) >= 11 is 0. The molecule has 3 rings (SSSR count). The number of aromatic nitrogens is 2. The average Bonchev–Trinajstić information content (AvgIpc) is 2.37. The second kappa shape index (κ2) is 3.93. The van der Waals surface area contributed by atoms with Gasteiger partial charge in [-0.1, -0.05) is 24.3 Å². The van der Waals surface area contributed by atoms with Crippen molar-refractivity contribution in [1.29, 1.82) is 0 Å². The Labute approximate surface area is 101 Å². The third-order valence-electron chi connectivity index (χ3n) is 3.60. The molecule has 0 bridgehead atoms. The van der Waals surface area contributed by atoms with E-state index in [4.69, 9.17) is 5.73 Å². The van der Waals surface area contributed by atoms with Crippen LogP contribution in [-0.4, -0.2) is 9.97 Å². The van der Waals surface area contributed by atoms with Crippen molar-refractivity contribution < 1.29 is 0 Å². The minimum absolute atomic E-state index is 0.0777. The predicted molar refractivity (Wildman–Crippen MR) is 67.2 cm³/mol. The number of hydrogen-bond acceptors (Lipinski definition) is 3. The molecular weight excluding hydrogens is 210 g/mol. The van der Waals surface area contributed by atoms with E-state index in [1.807, 2.05) is 12.4 Å². The SMILES string of the molecule is NC1(c2ccc(-c3cncnc3)cc2)CCC1. The molecule has 1 fully saturated rings. The fraction of sp³-hybridized carbons (Fsp3) is 0.286. The lowest BCUT2D eigenvalue weighted by Crippen LogP contribution is -2.43. The summed E-state index contributed by atoms with van der Waals surface area (Å²) in [5.74, 6) is 0. The van der Waals surface area contributed by atoms with E-state index in [-0.39, 0.29) is 5.54 Å². The molecule has 1 saturated carbocycles. The highest BCUT2D eigenvalue weighted by molar-refractivity contribution is 5.61. The zero-order valence-corrected chi connectivity index (χ0v) is 9.63.